The molecule has 1 unspecified atom stereocenters. The van der Waals surface area contributed by atoms with E-state index in [4.69, 9.17) is 0 Å². The lowest BCUT2D eigenvalue weighted by atomic mass is 10.1. The van der Waals surface area contributed by atoms with Crippen molar-refractivity contribution in [3.05, 3.63) is 15.6 Å². The van der Waals surface area contributed by atoms with Crippen molar-refractivity contribution in [2.45, 2.75) is 38.1 Å². The molecule has 1 aliphatic carbocycles. The Labute approximate surface area is 92.9 Å². The van der Waals surface area contributed by atoms with Gasteiger partial charge in [0.1, 0.15) is 0 Å². The van der Waals surface area contributed by atoms with Crippen molar-refractivity contribution >= 4 is 17.1 Å². The van der Waals surface area contributed by atoms with E-state index in [2.05, 4.69) is 10.3 Å². The number of carbonyl (C=O) groups excluding carboxylic acids is 1. The molecule has 2 heterocycles. The zero-order valence-corrected chi connectivity index (χ0v) is 9.40. The van der Waals surface area contributed by atoms with Gasteiger partial charge in [-0.05, 0) is 38.6 Å². The Morgan fingerprint density at radius 3 is 3.07 bits per heavy atom. The second kappa shape index (κ2) is 3.68. The van der Waals surface area contributed by atoms with Crippen LogP contribution in [0.15, 0.2) is 0 Å². The first-order chi connectivity index (χ1) is 7.34. The number of Topliss-reactive ketones (excluding diaryl/α,β-unsaturated/α-hetero) is 1. The van der Waals surface area contributed by atoms with Crippen LogP contribution in [-0.2, 0) is 12.8 Å². The van der Waals surface area contributed by atoms with E-state index in [1.807, 2.05) is 0 Å². The molecular formula is C11H14N2OS. The van der Waals surface area contributed by atoms with Crippen molar-refractivity contribution in [1.82, 2.24) is 10.3 Å². The molecule has 80 valence electrons. The molecule has 1 fully saturated rings. The maximum atomic E-state index is 12.0. The van der Waals surface area contributed by atoms with Crippen molar-refractivity contribution in [3.8, 4) is 0 Å². The number of aromatic nitrogens is 1. The summed E-state index contributed by atoms with van der Waals surface area (Å²) < 4.78 is 0. The van der Waals surface area contributed by atoms with Crippen LogP contribution in [-0.4, -0.2) is 23.4 Å². The van der Waals surface area contributed by atoms with Gasteiger partial charge >= 0.3 is 0 Å². The minimum absolute atomic E-state index is 0.0382. The van der Waals surface area contributed by atoms with E-state index in [0.717, 1.165) is 37.2 Å². The summed E-state index contributed by atoms with van der Waals surface area (Å²) in [5.41, 5.74) is 1.18. The molecular weight excluding hydrogens is 208 g/mol. The smallest absolute Gasteiger partial charge is 0.208 e. The molecule has 2 aliphatic rings. The number of hydrogen-bond donors (Lipinski definition) is 1. The highest BCUT2D eigenvalue weighted by atomic mass is 32.1. The molecule has 3 rings (SSSR count). The van der Waals surface area contributed by atoms with Crippen LogP contribution >= 0.6 is 11.3 Å². The first-order valence-electron chi connectivity index (χ1n) is 5.61. The molecule has 3 nitrogen and oxygen atoms in total. The topological polar surface area (TPSA) is 42.0 Å². The molecule has 0 aromatic carbocycles. The van der Waals surface area contributed by atoms with Gasteiger partial charge in [0.15, 0.2) is 5.01 Å². The number of aryl methyl sites for hydroxylation is 2. The molecule has 1 aromatic rings. The molecule has 1 saturated heterocycles. The highest BCUT2D eigenvalue weighted by molar-refractivity contribution is 7.13. The third-order valence-corrected chi connectivity index (χ3v) is 4.36. The standard InChI is InChI=1S/C11H14N2OS/c14-10(8-4-2-6-12-8)11-13-7-3-1-5-9(7)15-11/h8,12H,1-6H2. The van der Waals surface area contributed by atoms with Gasteiger partial charge in [0.25, 0.3) is 0 Å². The summed E-state index contributed by atoms with van der Waals surface area (Å²) in [6.07, 6.45) is 5.49. The quantitative estimate of drug-likeness (QED) is 0.772. The van der Waals surface area contributed by atoms with Gasteiger partial charge in [-0.2, -0.15) is 0 Å². The number of ketones is 1. The average molecular weight is 222 g/mol. The highest BCUT2D eigenvalue weighted by Crippen LogP contribution is 2.28. The van der Waals surface area contributed by atoms with E-state index in [1.54, 1.807) is 11.3 Å². The number of hydrogen-bond acceptors (Lipinski definition) is 4. The van der Waals surface area contributed by atoms with Gasteiger partial charge in [0.2, 0.25) is 5.78 Å². The fourth-order valence-electron chi connectivity index (χ4n) is 2.35. The van der Waals surface area contributed by atoms with Crippen molar-refractivity contribution in [2.75, 3.05) is 6.54 Å². The molecule has 1 N–H and O–H groups in total. The SMILES string of the molecule is O=C(c1nc2c(s1)CCC2)C1CCCN1. The average Bonchev–Trinajstić information content (AvgIpc) is 2.92. The Morgan fingerprint density at radius 1 is 1.40 bits per heavy atom. The fraction of sp³-hybridized carbons (Fsp3) is 0.636. The van der Waals surface area contributed by atoms with Crippen molar-refractivity contribution in [1.29, 1.82) is 0 Å². The van der Waals surface area contributed by atoms with Gasteiger partial charge in [0.05, 0.1) is 11.7 Å². The number of carbonyl (C=O) groups is 1. The van der Waals surface area contributed by atoms with Crippen molar-refractivity contribution in [3.63, 3.8) is 0 Å². The van der Waals surface area contributed by atoms with Gasteiger partial charge in [-0.15, -0.1) is 11.3 Å². The third-order valence-electron chi connectivity index (χ3n) is 3.18. The van der Waals surface area contributed by atoms with Gasteiger partial charge in [-0.1, -0.05) is 0 Å². The van der Waals surface area contributed by atoms with E-state index in [1.165, 1.54) is 17.0 Å². The molecule has 0 amide bonds. The van der Waals surface area contributed by atoms with Crippen LogP contribution in [0, 0.1) is 0 Å². The third kappa shape index (κ3) is 1.62. The van der Waals surface area contributed by atoms with Gasteiger partial charge in [-0.25, -0.2) is 4.98 Å². The second-order valence-electron chi connectivity index (χ2n) is 4.26. The normalized spacial score (nSPS) is 24.4. The maximum absolute atomic E-state index is 12.0. The number of fused-ring (bicyclic) bond motifs is 1. The van der Waals surface area contributed by atoms with Crippen molar-refractivity contribution < 1.29 is 4.79 Å². The van der Waals surface area contributed by atoms with Gasteiger partial charge < -0.3 is 5.32 Å². The summed E-state index contributed by atoms with van der Waals surface area (Å²) in [4.78, 5) is 17.8. The Hall–Kier alpha value is -0.740. The first-order valence-corrected chi connectivity index (χ1v) is 6.42. The summed E-state index contributed by atoms with van der Waals surface area (Å²) in [6.45, 7) is 0.974. The lowest BCUT2D eigenvalue weighted by Gasteiger charge is -2.05. The Balaban J connectivity index is 1.83. The predicted molar refractivity (Wildman–Crippen MR) is 59.5 cm³/mol. The number of rotatable bonds is 2. The number of nitrogens with zero attached hydrogens (tertiary/aromatic N) is 1. The summed E-state index contributed by atoms with van der Waals surface area (Å²) in [7, 11) is 0. The molecule has 4 heteroatoms. The fourth-order valence-corrected chi connectivity index (χ4v) is 3.50. The molecule has 0 radical (unpaired) electrons. The molecule has 1 aromatic heterocycles. The molecule has 1 atom stereocenters. The van der Waals surface area contributed by atoms with Crippen LogP contribution in [0.5, 0.6) is 0 Å². The van der Waals surface area contributed by atoms with Gasteiger partial charge in [0, 0.05) is 4.88 Å². The number of nitrogens with one attached hydrogen (secondary N) is 1. The zero-order chi connectivity index (χ0) is 10.3. The highest BCUT2D eigenvalue weighted by Gasteiger charge is 2.27. The summed E-state index contributed by atoms with van der Waals surface area (Å²) in [5.74, 6) is 0.215. The monoisotopic (exact) mass is 222 g/mol. The van der Waals surface area contributed by atoms with Crippen molar-refractivity contribution in [2.24, 2.45) is 0 Å². The molecule has 1 aliphatic heterocycles. The Bertz CT molecular complexity index is 372. The molecule has 0 bridgehead atoms. The van der Waals surface area contributed by atoms with Gasteiger partial charge in [-0.3, -0.25) is 4.79 Å². The lowest BCUT2D eigenvalue weighted by molar-refractivity contribution is 0.0952. The minimum Gasteiger partial charge on any atom is -0.307 e. The van der Waals surface area contributed by atoms with E-state index >= 15 is 0 Å². The van der Waals surface area contributed by atoms with E-state index in [9.17, 15) is 4.79 Å². The number of thiazole rings is 1. The molecule has 15 heavy (non-hydrogen) atoms. The first kappa shape index (κ1) is 9.48. The minimum atomic E-state index is 0.0382. The van der Waals surface area contributed by atoms with E-state index in [0.29, 0.717) is 0 Å². The van der Waals surface area contributed by atoms with Crippen LogP contribution in [0.1, 0.15) is 39.6 Å². The lowest BCUT2D eigenvalue weighted by Crippen LogP contribution is -2.30. The van der Waals surface area contributed by atoms with Crippen LogP contribution in [0.2, 0.25) is 0 Å². The van der Waals surface area contributed by atoms with Crippen LogP contribution in [0.3, 0.4) is 0 Å². The van der Waals surface area contributed by atoms with Crippen LogP contribution < -0.4 is 5.32 Å². The Morgan fingerprint density at radius 2 is 2.33 bits per heavy atom. The predicted octanol–water partition coefficient (Wildman–Crippen LogP) is 1.57. The second-order valence-corrected chi connectivity index (χ2v) is 5.34. The largest absolute Gasteiger partial charge is 0.307 e. The molecule has 0 spiro atoms. The van der Waals surface area contributed by atoms with Crippen LogP contribution in [0.4, 0.5) is 0 Å². The maximum Gasteiger partial charge on any atom is 0.208 e. The zero-order valence-electron chi connectivity index (χ0n) is 8.58. The summed E-state index contributed by atoms with van der Waals surface area (Å²) >= 11 is 1.62. The summed E-state index contributed by atoms with van der Waals surface area (Å²) in [6, 6.07) is 0.0382. The Kier molecular flexibility index (Phi) is 2.33. The molecule has 0 saturated carbocycles. The summed E-state index contributed by atoms with van der Waals surface area (Å²) in [5, 5.41) is 3.97. The van der Waals surface area contributed by atoms with E-state index in [-0.39, 0.29) is 11.8 Å². The van der Waals surface area contributed by atoms with Crippen LogP contribution in [0.25, 0.3) is 0 Å². The van der Waals surface area contributed by atoms with E-state index < -0.39 is 0 Å².